The van der Waals surface area contributed by atoms with Gasteiger partial charge in [0.25, 0.3) is 0 Å². The van der Waals surface area contributed by atoms with E-state index in [1.165, 1.54) is 6.07 Å². The van der Waals surface area contributed by atoms with Crippen LogP contribution in [0.1, 0.15) is 27.0 Å². The van der Waals surface area contributed by atoms with Crippen molar-refractivity contribution in [2.24, 2.45) is 0 Å². The smallest absolute Gasteiger partial charge is 0.335 e. The minimum absolute atomic E-state index is 0.164. The van der Waals surface area contributed by atoms with Crippen molar-refractivity contribution in [1.82, 2.24) is 0 Å². The third-order valence-corrected chi connectivity index (χ3v) is 2.46. The number of carboxylic acids is 1. The van der Waals surface area contributed by atoms with Crippen LogP contribution in [0.4, 0.5) is 0 Å². The van der Waals surface area contributed by atoms with Crippen molar-refractivity contribution in [2.75, 3.05) is 0 Å². The van der Waals surface area contributed by atoms with Crippen molar-refractivity contribution in [1.29, 1.82) is 0 Å². The number of aromatic hydroxyl groups is 1. The van der Waals surface area contributed by atoms with Gasteiger partial charge in [-0.3, -0.25) is 0 Å². The maximum atomic E-state index is 10.9. The number of allylic oxidation sites excluding steroid dienone is 1. The fourth-order valence-corrected chi connectivity index (χ4v) is 1.59. The van der Waals surface area contributed by atoms with E-state index in [9.17, 15) is 9.90 Å². The van der Waals surface area contributed by atoms with E-state index in [-0.39, 0.29) is 11.3 Å². The summed E-state index contributed by atoms with van der Waals surface area (Å²) in [7, 11) is 0. The number of phenols is 1. The van der Waals surface area contributed by atoms with Gasteiger partial charge in [-0.05, 0) is 37.5 Å². The van der Waals surface area contributed by atoms with E-state index < -0.39 is 5.97 Å². The van der Waals surface area contributed by atoms with Crippen molar-refractivity contribution >= 4 is 5.97 Å². The van der Waals surface area contributed by atoms with E-state index in [0.29, 0.717) is 23.1 Å². The molecular formula is C12H14O3. The van der Waals surface area contributed by atoms with Gasteiger partial charge in [0.2, 0.25) is 0 Å². The second kappa shape index (κ2) is 4.17. The second-order valence-electron chi connectivity index (χ2n) is 3.49. The SMILES string of the molecule is C=CCc1c(C)c(C(=O)O)cc(C)c1O. The summed E-state index contributed by atoms with van der Waals surface area (Å²) in [6, 6.07) is 1.49. The molecule has 80 valence electrons. The number of hydrogen-bond donors (Lipinski definition) is 2. The minimum Gasteiger partial charge on any atom is -0.507 e. The lowest BCUT2D eigenvalue weighted by Crippen LogP contribution is -2.04. The van der Waals surface area contributed by atoms with Crippen LogP contribution in [0.15, 0.2) is 18.7 Å². The lowest BCUT2D eigenvalue weighted by atomic mass is 9.96. The Kier molecular flexibility index (Phi) is 3.14. The number of phenolic OH excluding ortho intramolecular Hbond substituents is 1. The summed E-state index contributed by atoms with van der Waals surface area (Å²) < 4.78 is 0. The zero-order valence-electron chi connectivity index (χ0n) is 8.87. The Morgan fingerprint density at radius 2 is 2.13 bits per heavy atom. The molecule has 3 nitrogen and oxygen atoms in total. The van der Waals surface area contributed by atoms with E-state index >= 15 is 0 Å². The molecular weight excluding hydrogens is 192 g/mol. The average Bonchev–Trinajstić information content (AvgIpc) is 2.18. The van der Waals surface area contributed by atoms with Gasteiger partial charge in [-0.2, -0.15) is 0 Å². The summed E-state index contributed by atoms with van der Waals surface area (Å²) in [6.07, 6.45) is 2.12. The third-order valence-electron chi connectivity index (χ3n) is 2.46. The Balaban J connectivity index is 3.48. The highest BCUT2D eigenvalue weighted by Crippen LogP contribution is 2.28. The molecule has 2 N–H and O–H groups in total. The van der Waals surface area contributed by atoms with Crippen LogP contribution in [0.3, 0.4) is 0 Å². The zero-order valence-corrected chi connectivity index (χ0v) is 8.87. The summed E-state index contributed by atoms with van der Waals surface area (Å²) in [5.41, 5.74) is 2.06. The van der Waals surface area contributed by atoms with Gasteiger partial charge in [-0.1, -0.05) is 6.08 Å². The number of rotatable bonds is 3. The first-order valence-electron chi connectivity index (χ1n) is 4.65. The Morgan fingerprint density at radius 1 is 1.53 bits per heavy atom. The molecule has 0 radical (unpaired) electrons. The Labute approximate surface area is 88.7 Å². The molecule has 0 unspecified atom stereocenters. The highest BCUT2D eigenvalue weighted by Gasteiger charge is 2.15. The molecule has 0 aliphatic carbocycles. The largest absolute Gasteiger partial charge is 0.507 e. The highest BCUT2D eigenvalue weighted by atomic mass is 16.4. The van der Waals surface area contributed by atoms with Gasteiger partial charge in [-0.15, -0.1) is 6.58 Å². The van der Waals surface area contributed by atoms with E-state index in [1.54, 1.807) is 19.9 Å². The number of aromatic carboxylic acids is 1. The first-order chi connectivity index (χ1) is 6.99. The van der Waals surface area contributed by atoms with Crippen molar-refractivity contribution in [2.45, 2.75) is 20.3 Å². The molecule has 3 heteroatoms. The van der Waals surface area contributed by atoms with Gasteiger partial charge in [-0.25, -0.2) is 4.79 Å². The molecule has 0 heterocycles. The van der Waals surface area contributed by atoms with Crippen LogP contribution in [-0.4, -0.2) is 16.2 Å². The van der Waals surface area contributed by atoms with Crippen molar-refractivity contribution in [3.63, 3.8) is 0 Å². The average molecular weight is 206 g/mol. The van der Waals surface area contributed by atoms with Crippen LogP contribution in [0, 0.1) is 13.8 Å². The van der Waals surface area contributed by atoms with E-state index in [4.69, 9.17) is 5.11 Å². The summed E-state index contributed by atoms with van der Waals surface area (Å²) in [6.45, 7) is 6.97. The van der Waals surface area contributed by atoms with Crippen molar-refractivity contribution < 1.29 is 15.0 Å². The van der Waals surface area contributed by atoms with E-state index in [0.717, 1.165) is 0 Å². The maximum absolute atomic E-state index is 10.9. The summed E-state index contributed by atoms with van der Waals surface area (Å²) >= 11 is 0. The molecule has 0 aliphatic rings. The molecule has 0 aromatic heterocycles. The van der Waals surface area contributed by atoms with Gasteiger partial charge in [0.1, 0.15) is 5.75 Å². The first-order valence-corrected chi connectivity index (χ1v) is 4.65. The monoisotopic (exact) mass is 206 g/mol. The Hall–Kier alpha value is -1.77. The number of aryl methyl sites for hydroxylation is 1. The number of carbonyl (C=O) groups is 1. The van der Waals surface area contributed by atoms with Crippen LogP contribution in [-0.2, 0) is 6.42 Å². The zero-order chi connectivity index (χ0) is 11.6. The van der Waals surface area contributed by atoms with Crippen LogP contribution in [0.2, 0.25) is 0 Å². The molecule has 0 bridgehead atoms. The molecule has 0 saturated heterocycles. The topological polar surface area (TPSA) is 57.5 Å². The van der Waals surface area contributed by atoms with Gasteiger partial charge in [0.05, 0.1) is 5.56 Å². The van der Waals surface area contributed by atoms with Gasteiger partial charge >= 0.3 is 5.97 Å². The molecule has 15 heavy (non-hydrogen) atoms. The molecule has 0 amide bonds. The number of carboxylic acid groups (broad SMARTS) is 1. The van der Waals surface area contributed by atoms with E-state index in [2.05, 4.69) is 6.58 Å². The standard InChI is InChI=1S/C12H14O3/c1-4-5-9-8(3)10(12(14)15)6-7(2)11(9)13/h4,6,13H,1,5H2,2-3H3,(H,14,15). The van der Waals surface area contributed by atoms with Gasteiger partial charge in [0.15, 0.2) is 0 Å². The Bertz CT molecular complexity index is 419. The van der Waals surface area contributed by atoms with E-state index in [1.807, 2.05) is 0 Å². The normalized spacial score (nSPS) is 10.0. The quantitative estimate of drug-likeness (QED) is 0.747. The molecule has 0 fully saturated rings. The molecule has 1 aromatic rings. The van der Waals surface area contributed by atoms with Crippen LogP contribution in [0.25, 0.3) is 0 Å². The lowest BCUT2D eigenvalue weighted by Gasteiger charge is -2.12. The molecule has 0 saturated carbocycles. The summed E-state index contributed by atoms with van der Waals surface area (Å²) in [5.74, 6) is -0.807. The third kappa shape index (κ3) is 2.01. The molecule has 1 aromatic carbocycles. The summed E-state index contributed by atoms with van der Waals surface area (Å²) in [5, 5.41) is 18.7. The highest BCUT2D eigenvalue weighted by molar-refractivity contribution is 5.90. The van der Waals surface area contributed by atoms with Gasteiger partial charge in [0, 0.05) is 5.56 Å². The van der Waals surface area contributed by atoms with Crippen LogP contribution in [0.5, 0.6) is 5.75 Å². The fraction of sp³-hybridized carbons (Fsp3) is 0.250. The first kappa shape index (κ1) is 11.3. The van der Waals surface area contributed by atoms with Crippen LogP contribution >= 0.6 is 0 Å². The fourth-order valence-electron chi connectivity index (χ4n) is 1.59. The number of benzene rings is 1. The van der Waals surface area contributed by atoms with Crippen molar-refractivity contribution in [3.8, 4) is 5.75 Å². The molecule has 0 spiro atoms. The number of hydrogen-bond acceptors (Lipinski definition) is 2. The predicted molar refractivity (Wildman–Crippen MR) is 58.4 cm³/mol. The summed E-state index contributed by atoms with van der Waals surface area (Å²) in [4.78, 5) is 10.9. The Morgan fingerprint density at radius 3 is 2.60 bits per heavy atom. The van der Waals surface area contributed by atoms with Crippen LogP contribution < -0.4 is 0 Å². The predicted octanol–water partition coefficient (Wildman–Crippen LogP) is 2.44. The van der Waals surface area contributed by atoms with Gasteiger partial charge < -0.3 is 10.2 Å². The second-order valence-corrected chi connectivity index (χ2v) is 3.49. The minimum atomic E-state index is -0.971. The molecule has 0 aliphatic heterocycles. The molecule has 1 rings (SSSR count). The molecule has 0 atom stereocenters. The van der Waals surface area contributed by atoms with Crippen molar-refractivity contribution in [3.05, 3.63) is 41.0 Å². The lowest BCUT2D eigenvalue weighted by molar-refractivity contribution is 0.0696. The maximum Gasteiger partial charge on any atom is 0.335 e.